The fourth-order valence-corrected chi connectivity index (χ4v) is 2.19. The molecule has 2 heterocycles. The Hall–Kier alpha value is -0.840. The summed E-state index contributed by atoms with van der Waals surface area (Å²) in [6.45, 7) is 0.900. The quantitative estimate of drug-likeness (QED) is 0.896. The van der Waals surface area contributed by atoms with E-state index in [-0.39, 0.29) is 0 Å². The first-order valence-corrected chi connectivity index (χ1v) is 5.84. The Kier molecular flexibility index (Phi) is 3.41. The van der Waals surface area contributed by atoms with Gasteiger partial charge < -0.3 is 9.73 Å². The second-order valence-corrected chi connectivity index (χ2v) is 4.82. The Bertz CT molecular complexity index is 438. The average Bonchev–Trinajstić information content (AvgIpc) is 2.83. The molecule has 1 N–H and O–H groups in total. The predicted octanol–water partition coefficient (Wildman–Crippen LogP) is 2.82. The van der Waals surface area contributed by atoms with Crippen LogP contribution in [-0.4, -0.2) is 18.6 Å². The van der Waals surface area contributed by atoms with Gasteiger partial charge in [0.05, 0.1) is 14.9 Å². The number of nitrogens with zero attached hydrogens (tertiary/aromatic N) is 1. The van der Waals surface area contributed by atoms with Crippen LogP contribution < -0.4 is 5.32 Å². The molecule has 15 heavy (non-hydrogen) atoms. The van der Waals surface area contributed by atoms with Gasteiger partial charge in [0, 0.05) is 13.0 Å². The van der Waals surface area contributed by atoms with Crippen molar-refractivity contribution in [2.24, 2.45) is 0 Å². The van der Waals surface area contributed by atoms with Gasteiger partial charge in [-0.25, -0.2) is 4.98 Å². The number of halogens is 1. The van der Waals surface area contributed by atoms with E-state index in [1.54, 1.807) is 6.26 Å². The summed E-state index contributed by atoms with van der Waals surface area (Å²) in [6.07, 6.45) is 2.57. The van der Waals surface area contributed by atoms with Crippen molar-refractivity contribution in [2.75, 3.05) is 13.6 Å². The lowest BCUT2D eigenvalue weighted by Gasteiger charge is -1.92. The minimum Gasteiger partial charge on any atom is -0.444 e. The predicted molar refractivity (Wildman–Crippen MR) is 62.5 cm³/mol. The van der Waals surface area contributed by atoms with E-state index in [0.29, 0.717) is 5.89 Å². The molecule has 80 valence electrons. The zero-order chi connectivity index (χ0) is 10.7. The maximum Gasteiger partial charge on any atom is 0.236 e. The van der Waals surface area contributed by atoms with Crippen LogP contribution in [0.25, 0.3) is 10.8 Å². The maximum absolute atomic E-state index is 5.84. The molecule has 0 bridgehead atoms. The summed E-state index contributed by atoms with van der Waals surface area (Å²) < 4.78 is 6.12. The first kappa shape index (κ1) is 10.7. The Balaban J connectivity index is 2.13. The van der Waals surface area contributed by atoms with Gasteiger partial charge in [0.15, 0.2) is 0 Å². The lowest BCUT2D eigenvalue weighted by molar-refractivity contribution is 0.573. The SMILES string of the molecule is CNCCc1coc(-c2ccc(Cl)s2)n1. The topological polar surface area (TPSA) is 38.1 Å². The zero-order valence-corrected chi connectivity index (χ0v) is 9.86. The van der Waals surface area contributed by atoms with E-state index in [0.717, 1.165) is 27.9 Å². The zero-order valence-electron chi connectivity index (χ0n) is 8.29. The van der Waals surface area contributed by atoms with Crippen LogP contribution in [0, 0.1) is 0 Å². The molecule has 0 saturated heterocycles. The van der Waals surface area contributed by atoms with E-state index in [9.17, 15) is 0 Å². The number of hydrogen-bond acceptors (Lipinski definition) is 4. The van der Waals surface area contributed by atoms with Crippen LogP contribution in [0.3, 0.4) is 0 Å². The molecule has 0 radical (unpaired) electrons. The number of thiophene rings is 1. The number of rotatable bonds is 4. The highest BCUT2D eigenvalue weighted by Gasteiger charge is 2.08. The van der Waals surface area contributed by atoms with Gasteiger partial charge in [-0.05, 0) is 19.2 Å². The van der Waals surface area contributed by atoms with Gasteiger partial charge in [-0.2, -0.15) is 0 Å². The molecule has 2 aromatic rings. The number of oxazole rings is 1. The fraction of sp³-hybridized carbons (Fsp3) is 0.300. The third kappa shape index (κ3) is 2.59. The Labute approximate surface area is 97.1 Å². The molecule has 0 aliphatic carbocycles. The number of likely N-dealkylation sites (N-methyl/N-ethyl adjacent to an activating group) is 1. The molecule has 0 aliphatic rings. The van der Waals surface area contributed by atoms with Crippen molar-refractivity contribution in [3.63, 3.8) is 0 Å². The molecule has 2 rings (SSSR count). The summed E-state index contributed by atoms with van der Waals surface area (Å²) in [7, 11) is 1.92. The standard InChI is InChI=1S/C10H11ClN2OS/c1-12-5-4-7-6-14-10(13-7)8-2-3-9(11)15-8/h2-3,6,12H,4-5H2,1H3. The van der Waals surface area contributed by atoms with Gasteiger partial charge in [-0.3, -0.25) is 0 Å². The van der Waals surface area contributed by atoms with Gasteiger partial charge in [-0.15, -0.1) is 11.3 Å². The Morgan fingerprint density at radius 2 is 2.40 bits per heavy atom. The second kappa shape index (κ2) is 4.79. The van der Waals surface area contributed by atoms with Gasteiger partial charge in [0.1, 0.15) is 6.26 Å². The molecule has 5 heteroatoms. The first-order chi connectivity index (χ1) is 7.29. The van der Waals surface area contributed by atoms with E-state index < -0.39 is 0 Å². The summed E-state index contributed by atoms with van der Waals surface area (Å²) in [5.41, 5.74) is 0.962. The monoisotopic (exact) mass is 242 g/mol. The van der Waals surface area contributed by atoms with Crippen LogP contribution in [0.4, 0.5) is 0 Å². The van der Waals surface area contributed by atoms with Crippen LogP contribution in [0.1, 0.15) is 5.69 Å². The molecule has 0 amide bonds. The highest BCUT2D eigenvalue weighted by molar-refractivity contribution is 7.19. The van der Waals surface area contributed by atoms with Crippen LogP contribution in [0.2, 0.25) is 4.34 Å². The van der Waals surface area contributed by atoms with E-state index in [1.165, 1.54) is 11.3 Å². The van der Waals surface area contributed by atoms with Crippen molar-refractivity contribution < 1.29 is 4.42 Å². The lowest BCUT2D eigenvalue weighted by atomic mass is 10.3. The lowest BCUT2D eigenvalue weighted by Crippen LogP contribution is -2.10. The second-order valence-electron chi connectivity index (χ2n) is 3.10. The molecule has 0 aliphatic heterocycles. The van der Waals surface area contributed by atoms with E-state index >= 15 is 0 Å². The number of aromatic nitrogens is 1. The Morgan fingerprint density at radius 1 is 1.53 bits per heavy atom. The maximum atomic E-state index is 5.84. The highest BCUT2D eigenvalue weighted by atomic mass is 35.5. The molecular weight excluding hydrogens is 232 g/mol. The van der Waals surface area contributed by atoms with Crippen molar-refractivity contribution in [3.8, 4) is 10.8 Å². The third-order valence-electron chi connectivity index (χ3n) is 1.97. The molecule has 0 aromatic carbocycles. The largest absolute Gasteiger partial charge is 0.444 e. The molecule has 0 atom stereocenters. The van der Waals surface area contributed by atoms with Crippen LogP contribution in [-0.2, 0) is 6.42 Å². The summed E-state index contributed by atoms with van der Waals surface area (Å²) in [5.74, 6) is 0.651. The van der Waals surface area contributed by atoms with E-state index in [1.807, 2.05) is 19.2 Å². The van der Waals surface area contributed by atoms with Gasteiger partial charge >= 0.3 is 0 Å². The van der Waals surface area contributed by atoms with Gasteiger partial charge in [-0.1, -0.05) is 11.6 Å². The fourth-order valence-electron chi connectivity index (χ4n) is 1.22. The smallest absolute Gasteiger partial charge is 0.236 e. The molecule has 2 aromatic heterocycles. The minimum atomic E-state index is 0.651. The van der Waals surface area contributed by atoms with Gasteiger partial charge in [0.25, 0.3) is 0 Å². The van der Waals surface area contributed by atoms with Crippen molar-refractivity contribution in [2.45, 2.75) is 6.42 Å². The van der Waals surface area contributed by atoms with Crippen LogP contribution >= 0.6 is 22.9 Å². The minimum absolute atomic E-state index is 0.651. The third-order valence-corrected chi connectivity index (χ3v) is 3.19. The van der Waals surface area contributed by atoms with E-state index in [4.69, 9.17) is 16.0 Å². The molecule has 0 spiro atoms. The highest BCUT2D eigenvalue weighted by Crippen LogP contribution is 2.30. The number of hydrogen-bond donors (Lipinski definition) is 1. The molecule has 3 nitrogen and oxygen atoms in total. The van der Waals surface area contributed by atoms with Crippen LogP contribution in [0.5, 0.6) is 0 Å². The molecular formula is C10H11ClN2OS. The summed E-state index contributed by atoms with van der Waals surface area (Å²) in [5, 5.41) is 3.07. The van der Waals surface area contributed by atoms with E-state index in [2.05, 4.69) is 10.3 Å². The first-order valence-electron chi connectivity index (χ1n) is 4.64. The van der Waals surface area contributed by atoms with Crippen molar-refractivity contribution in [1.29, 1.82) is 0 Å². The number of nitrogens with one attached hydrogen (secondary N) is 1. The summed E-state index contributed by atoms with van der Waals surface area (Å²) in [4.78, 5) is 5.34. The van der Waals surface area contributed by atoms with Gasteiger partial charge in [0.2, 0.25) is 5.89 Å². The van der Waals surface area contributed by atoms with Crippen molar-refractivity contribution in [1.82, 2.24) is 10.3 Å². The van der Waals surface area contributed by atoms with Crippen LogP contribution in [0.15, 0.2) is 22.8 Å². The molecule has 0 unspecified atom stereocenters. The Morgan fingerprint density at radius 3 is 3.07 bits per heavy atom. The summed E-state index contributed by atoms with van der Waals surface area (Å²) in [6, 6.07) is 3.76. The average molecular weight is 243 g/mol. The van der Waals surface area contributed by atoms with Crippen molar-refractivity contribution in [3.05, 3.63) is 28.4 Å². The normalized spacial score (nSPS) is 10.8. The molecule has 0 fully saturated rings. The van der Waals surface area contributed by atoms with Crippen molar-refractivity contribution >= 4 is 22.9 Å². The summed E-state index contributed by atoms with van der Waals surface area (Å²) >= 11 is 7.31. The molecule has 0 saturated carbocycles.